The lowest BCUT2D eigenvalue weighted by Crippen LogP contribution is -2.27. The number of unbranched alkanes of at least 4 members (excludes halogenated alkanes) is 6. The summed E-state index contributed by atoms with van der Waals surface area (Å²) in [5.74, 6) is 0. The minimum atomic E-state index is 0. The second kappa shape index (κ2) is 12.3. The molecule has 0 N–H and O–H groups in total. The van der Waals surface area contributed by atoms with Crippen LogP contribution >= 0.6 is 12.4 Å². The van der Waals surface area contributed by atoms with Crippen LogP contribution in [0, 0.1) is 0 Å². The number of nitrogens with zero attached hydrogens (tertiary/aromatic N) is 1. The second-order valence-electron chi connectivity index (χ2n) is 4.70. The zero-order valence-corrected chi connectivity index (χ0v) is 11.9. The van der Waals surface area contributed by atoms with Crippen LogP contribution in [-0.2, 0) is 0 Å². The molecule has 0 radical (unpaired) electrons. The van der Waals surface area contributed by atoms with Crippen molar-refractivity contribution >= 4 is 12.4 Å². The largest absolute Gasteiger partial charge is 0.304 e. The molecule has 0 aliphatic carbocycles. The Balaban J connectivity index is 0. The van der Waals surface area contributed by atoms with Crippen LogP contribution < -0.4 is 0 Å². The molecule has 0 spiro atoms. The molecule has 0 aromatic rings. The summed E-state index contributed by atoms with van der Waals surface area (Å²) < 4.78 is 0. The van der Waals surface area contributed by atoms with Crippen LogP contribution in [0.3, 0.4) is 0 Å². The van der Waals surface area contributed by atoms with Gasteiger partial charge in [-0.3, -0.25) is 0 Å². The maximum absolute atomic E-state index is 2.44. The Hall–Kier alpha value is 0.250. The number of hydrogen-bond acceptors (Lipinski definition) is 1. The number of halogens is 1. The molecule has 0 aliphatic rings. The van der Waals surface area contributed by atoms with E-state index in [2.05, 4.69) is 32.7 Å². The van der Waals surface area contributed by atoms with Crippen LogP contribution in [0.5, 0.6) is 0 Å². The van der Waals surface area contributed by atoms with Crippen molar-refractivity contribution in [2.75, 3.05) is 13.6 Å². The highest BCUT2D eigenvalue weighted by molar-refractivity contribution is 5.85. The van der Waals surface area contributed by atoms with Gasteiger partial charge in [0.2, 0.25) is 0 Å². The molecule has 0 aliphatic heterocycles. The predicted molar refractivity (Wildman–Crippen MR) is 73.0 cm³/mol. The minimum absolute atomic E-state index is 0. The third kappa shape index (κ3) is 12.2. The summed E-state index contributed by atoms with van der Waals surface area (Å²) in [5.41, 5.74) is 0. The highest BCUT2D eigenvalue weighted by Crippen LogP contribution is 2.07. The van der Waals surface area contributed by atoms with E-state index in [-0.39, 0.29) is 12.4 Å². The lowest BCUT2D eigenvalue weighted by molar-refractivity contribution is 0.267. The maximum Gasteiger partial charge on any atom is 0.00355 e. The predicted octanol–water partition coefficient (Wildman–Crippen LogP) is 4.50. The van der Waals surface area contributed by atoms with E-state index in [0.29, 0.717) is 6.04 Å². The first-order valence-electron chi connectivity index (χ1n) is 6.38. The zero-order chi connectivity index (χ0) is 10.8. The molecule has 0 saturated heterocycles. The molecule has 0 heterocycles. The van der Waals surface area contributed by atoms with Crippen molar-refractivity contribution in [3.05, 3.63) is 0 Å². The van der Waals surface area contributed by atoms with E-state index >= 15 is 0 Å². The molecule has 0 rings (SSSR count). The molecule has 15 heavy (non-hydrogen) atoms. The molecule has 0 amide bonds. The molecule has 2 heteroatoms. The molecule has 0 unspecified atom stereocenters. The van der Waals surface area contributed by atoms with E-state index in [1.54, 1.807) is 0 Å². The lowest BCUT2D eigenvalue weighted by atomic mass is 10.1. The van der Waals surface area contributed by atoms with Gasteiger partial charge in [-0.15, -0.1) is 12.4 Å². The van der Waals surface area contributed by atoms with E-state index in [4.69, 9.17) is 0 Å². The van der Waals surface area contributed by atoms with Crippen molar-refractivity contribution in [1.82, 2.24) is 4.90 Å². The SMILES string of the molecule is CCCCCCCCCN(C)C(C)C.Cl. The van der Waals surface area contributed by atoms with Gasteiger partial charge in [0.25, 0.3) is 0 Å². The van der Waals surface area contributed by atoms with Gasteiger partial charge in [0.05, 0.1) is 0 Å². The van der Waals surface area contributed by atoms with Crippen LogP contribution in [0.2, 0.25) is 0 Å². The van der Waals surface area contributed by atoms with Crippen LogP contribution in [0.1, 0.15) is 65.7 Å². The van der Waals surface area contributed by atoms with Crippen molar-refractivity contribution in [2.24, 2.45) is 0 Å². The van der Waals surface area contributed by atoms with E-state index in [9.17, 15) is 0 Å². The molecule has 1 nitrogen and oxygen atoms in total. The number of hydrogen-bond donors (Lipinski definition) is 0. The molecule has 0 aromatic heterocycles. The fourth-order valence-electron chi connectivity index (χ4n) is 1.58. The van der Waals surface area contributed by atoms with Crippen molar-refractivity contribution < 1.29 is 0 Å². The summed E-state index contributed by atoms with van der Waals surface area (Å²) in [6.45, 7) is 8.07. The first-order valence-corrected chi connectivity index (χ1v) is 6.38. The first kappa shape index (κ1) is 17.6. The molecular weight excluding hydrogens is 206 g/mol. The molecule has 0 atom stereocenters. The van der Waals surface area contributed by atoms with E-state index < -0.39 is 0 Å². The van der Waals surface area contributed by atoms with Crippen LogP contribution in [-0.4, -0.2) is 24.5 Å². The summed E-state index contributed by atoms with van der Waals surface area (Å²) in [4.78, 5) is 2.44. The van der Waals surface area contributed by atoms with Gasteiger partial charge in [0.1, 0.15) is 0 Å². The molecule has 94 valence electrons. The Labute approximate surface area is 103 Å². The van der Waals surface area contributed by atoms with Gasteiger partial charge in [0, 0.05) is 6.04 Å². The van der Waals surface area contributed by atoms with Gasteiger partial charge < -0.3 is 4.90 Å². The Kier molecular flexibility index (Phi) is 14.5. The highest BCUT2D eigenvalue weighted by Gasteiger charge is 2.01. The van der Waals surface area contributed by atoms with Crippen LogP contribution in [0.4, 0.5) is 0 Å². The summed E-state index contributed by atoms with van der Waals surface area (Å²) in [6.07, 6.45) is 9.89. The molecule has 0 bridgehead atoms. The average Bonchev–Trinajstić information content (AvgIpc) is 2.16. The van der Waals surface area contributed by atoms with Crippen LogP contribution in [0.25, 0.3) is 0 Å². The molecule has 0 saturated carbocycles. The summed E-state index contributed by atoms with van der Waals surface area (Å²) in [7, 11) is 2.22. The topological polar surface area (TPSA) is 3.24 Å². The maximum atomic E-state index is 2.44. The zero-order valence-electron chi connectivity index (χ0n) is 11.1. The fourth-order valence-corrected chi connectivity index (χ4v) is 1.58. The number of rotatable bonds is 9. The van der Waals surface area contributed by atoms with Gasteiger partial charge in [-0.05, 0) is 33.9 Å². The Morgan fingerprint density at radius 3 is 1.80 bits per heavy atom. The van der Waals surface area contributed by atoms with Gasteiger partial charge >= 0.3 is 0 Å². The minimum Gasteiger partial charge on any atom is -0.304 e. The molecule has 0 aromatic carbocycles. The van der Waals surface area contributed by atoms with Gasteiger partial charge in [0.15, 0.2) is 0 Å². The normalized spacial score (nSPS) is 10.8. The van der Waals surface area contributed by atoms with Crippen molar-refractivity contribution in [1.29, 1.82) is 0 Å². The van der Waals surface area contributed by atoms with Gasteiger partial charge in [-0.1, -0.05) is 45.4 Å². The fraction of sp³-hybridized carbons (Fsp3) is 1.00. The van der Waals surface area contributed by atoms with Gasteiger partial charge in [-0.2, -0.15) is 0 Å². The van der Waals surface area contributed by atoms with E-state index in [1.165, 1.54) is 51.5 Å². The van der Waals surface area contributed by atoms with Crippen molar-refractivity contribution in [3.8, 4) is 0 Å². The summed E-state index contributed by atoms with van der Waals surface area (Å²) in [6, 6.07) is 0.704. The van der Waals surface area contributed by atoms with Gasteiger partial charge in [-0.25, -0.2) is 0 Å². The Morgan fingerprint density at radius 1 is 0.867 bits per heavy atom. The monoisotopic (exact) mass is 235 g/mol. The summed E-state index contributed by atoms with van der Waals surface area (Å²) >= 11 is 0. The molecular formula is C13H30ClN. The Morgan fingerprint density at radius 2 is 1.33 bits per heavy atom. The quantitative estimate of drug-likeness (QED) is 0.532. The first-order chi connectivity index (χ1) is 6.68. The highest BCUT2D eigenvalue weighted by atomic mass is 35.5. The van der Waals surface area contributed by atoms with Crippen LogP contribution in [0.15, 0.2) is 0 Å². The standard InChI is InChI=1S/C13H29N.ClH/c1-5-6-7-8-9-10-11-12-14(4)13(2)3;/h13H,5-12H2,1-4H3;1H. The Bertz CT molecular complexity index is 115. The van der Waals surface area contributed by atoms with Crippen molar-refractivity contribution in [2.45, 2.75) is 71.8 Å². The van der Waals surface area contributed by atoms with E-state index in [0.717, 1.165) is 0 Å². The third-order valence-electron chi connectivity index (χ3n) is 3.00. The van der Waals surface area contributed by atoms with E-state index in [1.807, 2.05) is 0 Å². The lowest BCUT2D eigenvalue weighted by Gasteiger charge is -2.20. The summed E-state index contributed by atoms with van der Waals surface area (Å²) in [5, 5.41) is 0. The average molecular weight is 236 g/mol. The smallest absolute Gasteiger partial charge is 0.00355 e. The molecule has 0 fully saturated rings. The second-order valence-corrected chi connectivity index (χ2v) is 4.70. The third-order valence-corrected chi connectivity index (χ3v) is 3.00. The van der Waals surface area contributed by atoms with Crippen molar-refractivity contribution in [3.63, 3.8) is 0 Å².